The Labute approximate surface area is 140 Å². The summed E-state index contributed by atoms with van der Waals surface area (Å²) < 4.78 is 7.23. The number of rotatable bonds is 2. The smallest absolute Gasteiger partial charge is 0.337 e. The first-order valence-electron chi connectivity index (χ1n) is 8.48. The number of hydrogen-bond acceptors (Lipinski definition) is 3. The van der Waals surface area contributed by atoms with Gasteiger partial charge in [0.2, 0.25) is 0 Å². The molecule has 124 valence electrons. The van der Waals surface area contributed by atoms with Crippen LogP contribution >= 0.6 is 0 Å². The molecule has 0 atom stereocenters. The molecule has 1 N–H and O–H groups in total. The lowest BCUT2D eigenvalue weighted by atomic mass is 9.92. The van der Waals surface area contributed by atoms with Crippen LogP contribution in [0.3, 0.4) is 0 Å². The predicted octanol–water partition coefficient (Wildman–Crippen LogP) is 4.06. The van der Waals surface area contributed by atoms with Gasteiger partial charge in [-0.05, 0) is 43.9 Å². The Hall–Kier alpha value is -2.33. The van der Waals surface area contributed by atoms with Crippen molar-refractivity contribution < 1.29 is 14.6 Å². The summed E-state index contributed by atoms with van der Waals surface area (Å²) >= 11 is 0. The van der Waals surface area contributed by atoms with Crippen molar-refractivity contribution in [3.63, 3.8) is 0 Å². The first-order chi connectivity index (χ1) is 11.7. The van der Waals surface area contributed by atoms with E-state index in [1.54, 1.807) is 0 Å². The van der Waals surface area contributed by atoms with Crippen LogP contribution in [-0.2, 0) is 4.74 Å². The molecule has 4 heteroatoms. The van der Waals surface area contributed by atoms with Gasteiger partial charge in [0.25, 0.3) is 0 Å². The predicted molar refractivity (Wildman–Crippen MR) is 94.3 cm³/mol. The van der Waals surface area contributed by atoms with E-state index < -0.39 is 0 Å². The average molecular weight is 323 g/mol. The summed E-state index contributed by atoms with van der Waals surface area (Å²) in [4.78, 5) is 11.9. The highest BCUT2D eigenvalue weighted by molar-refractivity contribution is 6.09. The molecule has 1 aliphatic carbocycles. The van der Waals surface area contributed by atoms with E-state index in [2.05, 4.69) is 22.8 Å². The van der Waals surface area contributed by atoms with Crippen LogP contribution in [-0.4, -0.2) is 28.9 Å². The number of ether oxygens (including phenoxy) is 1. The molecule has 1 aliphatic rings. The zero-order valence-electron chi connectivity index (χ0n) is 13.7. The van der Waals surface area contributed by atoms with Crippen molar-refractivity contribution in [1.29, 1.82) is 0 Å². The molecule has 4 rings (SSSR count). The molecule has 1 saturated carbocycles. The van der Waals surface area contributed by atoms with E-state index in [9.17, 15) is 9.90 Å². The van der Waals surface area contributed by atoms with E-state index >= 15 is 0 Å². The second-order valence-electron chi connectivity index (χ2n) is 6.57. The maximum absolute atomic E-state index is 11.9. The van der Waals surface area contributed by atoms with Crippen molar-refractivity contribution in [1.82, 2.24) is 4.57 Å². The number of aliphatic hydroxyl groups is 1. The lowest BCUT2D eigenvalue weighted by Gasteiger charge is -2.28. The molecule has 1 heterocycles. The highest BCUT2D eigenvalue weighted by Crippen LogP contribution is 2.37. The van der Waals surface area contributed by atoms with Crippen LogP contribution in [0.4, 0.5) is 0 Å². The van der Waals surface area contributed by atoms with Crippen molar-refractivity contribution >= 4 is 27.8 Å². The van der Waals surface area contributed by atoms with Crippen molar-refractivity contribution in [2.75, 3.05) is 7.11 Å². The third-order valence-electron chi connectivity index (χ3n) is 5.16. The number of hydrogen-bond donors (Lipinski definition) is 1. The Balaban J connectivity index is 1.95. The maximum Gasteiger partial charge on any atom is 0.337 e. The lowest BCUT2D eigenvalue weighted by Crippen LogP contribution is -2.21. The summed E-state index contributed by atoms with van der Waals surface area (Å²) in [5.41, 5.74) is 2.83. The standard InChI is InChI=1S/C20H21NO3/c1-24-20(23)13-6-11-17-16-4-2-3-5-18(16)21(19(17)12-13)14-7-9-15(22)10-8-14/h2-6,11-12,14-15,22H,7-10H2,1H3/t14-,15+. The second kappa shape index (κ2) is 5.95. The first kappa shape index (κ1) is 15.2. The van der Waals surface area contributed by atoms with Crippen molar-refractivity contribution in [2.24, 2.45) is 0 Å². The van der Waals surface area contributed by atoms with Gasteiger partial charge in [0.1, 0.15) is 0 Å². The third-order valence-corrected chi connectivity index (χ3v) is 5.16. The van der Waals surface area contributed by atoms with Gasteiger partial charge >= 0.3 is 5.97 Å². The maximum atomic E-state index is 11.9. The van der Waals surface area contributed by atoms with Gasteiger partial charge in [-0.1, -0.05) is 24.3 Å². The first-order valence-corrected chi connectivity index (χ1v) is 8.48. The molecule has 0 radical (unpaired) electrons. The number of carbonyl (C=O) groups is 1. The molecule has 0 aliphatic heterocycles. The molecule has 0 bridgehead atoms. The van der Waals surface area contributed by atoms with Gasteiger partial charge in [0.15, 0.2) is 0 Å². The Kier molecular flexibility index (Phi) is 3.77. The summed E-state index contributed by atoms with van der Waals surface area (Å²) in [6.45, 7) is 0. The van der Waals surface area contributed by atoms with E-state index in [4.69, 9.17) is 4.74 Å². The van der Waals surface area contributed by atoms with Gasteiger partial charge in [-0.25, -0.2) is 4.79 Å². The van der Waals surface area contributed by atoms with Crippen LogP contribution in [0.1, 0.15) is 42.1 Å². The van der Waals surface area contributed by atoms with Crippen LogP contribution in [0.5, 0.6) is 0 Å². The van der Waals surface area contributed by atoms with Crippen molar-refractivity contribution in [3.05, 3.63) is 48.0 Å². The number of methoxy groups -OCH3 is 1. The Bertz CT molecular complexity index is 904. The summed E-state index contributed by atoms with van der Waals surface area (Å²) in [7, 11) is 1.41. The molecule has 0 spiro atoms. The molecular formula is C20H21NO3. The molecule has 1 aromatic heterocycles. The van der Waals surface area contributed by atoms with E-state index in [1.165, 1.54) is 18.0 Å². The third kappa shape index (κ3) is 2.38. The minimum absolute atomic E-state index is 0.181. The fourth-order valence-electron chi connectivity index (χ4n) is 3.95. The van der Waals surface area contributed by atoms with Crippen molar-refractivity contribution in [3.8, 4) is 0 Å². The second-order valence-corrected chi connectivity index (χ2v) is 6.57. The van der Waals surface area contributed by atoms with Crippen molar-refractivity contribution in [2.45, 2.75) is 37.8 Å². The van der Waals surface area contributed by atoms with E-state index in [0.717, 1.165) is 36.6 Å². The van der Waals surface area contributed by atoms with Crippen LogP contribution in [0.2, 0.25) is 0 Å². The number of aromatic nitrogens is 1. The largest absolute Gasteiger partial charge is 0.465 e. The minimum atomic E-state index is -0.312. The molecule has 0 amide bonds. The van der Waals surface area contributed by atoms with Crippen LogP contribution < -0.4 is 0 Å². The number of esters is 1. The average Bonchev–Trinajstić information content (AvgIpc) is 2.95. The zero-order valence-corrected chi connectivity index (χ0v) is 13.7. The van der Waals surface area contributed by atoms with Crippen LogP contribution in [0, 0.1) is 0 Å². The minimum Gasteiger partial charge on any atom is -0.465 e. The molecule has 24 heavy (non-hydrogen) atoms. The molecule has 4 nitrogen and oxygen atoms in total. The molecule has 3 aromatic rings. The van der Waals surface area contributed by atoms with Gasteiger partial charge in [0, 0.05) is 22.3 Å². The normalized spacial score (nSPS) is 21.2. The summed E-state index contributed by atoms with van der Waals surface area (Å²) in [6.07, 6.45) is 3.39. The highest BCUT2D eigenvalue weighted by Gasteiger charge is 2.24. The van der Waals surface area contributed by atoms with Gasteiger partial charge in [0.05, 0.1) is 24.3 Å². The molecule has 0 saturated heterocycles. The monoisotopic (exact) mass is 323 g/mol. The lowest BCUT2D eigenvalue weighted by molar-refractivity contribution is 0.0601. The Morgan fingerprint density at radius 1 is 1.04 bits per heavy atom. The van der Waals surface area contributed by atoms with Gasteiger partial charge in [-0.3, -0.25) is 0 Å². The molecule has 0 unspecified atom stereocenters. The van der Waals surface area contributed by atoms with Gasteiger partial charge < -0.3 is 14.4 Å². The fraction of sp³-hybridized carbons (Fsp3) is 0.350. The zero-order chi connectivity index (χ0) is 16.7. The number of carbonyl (C=O) groups excluding carboxylic acids is 1. The number of benzene rings is 2. The van der Waals surface area contributed by atoms with E-state index in [-0.39, 0.29) is 12.1 Å². The van der Waals surface area contributed by atoms with Gasteiger partial charge in [-0.15, -0.1) is 0 Å². The molecule has 1 fully saturated rings. The summed E-state index contributed by atoms with van der Waals surface area (Å²) in [6, 6.07) is 14.5. The van der Waals surface area contributed by atoms with Crippen LogP contribution in [0.25, 0.3) is 21.8 Å². The SMILES string of the molecule is COC(=O)c1ccc2c3ccccc3n([C@H]3CC[C@@H](O)CC3)c2c1. The fourth-order valence-corrected chi connectivity index (χ4v) is 3.95. The topological polar surface area (TPSA) is 51.5 Å². The number of fused-ring (bicyclic) bond motifs is 3. The van der Waals surface area contributed by atoms with E-state index in [0.29, 0.717) is 11.6 Å². The molecular weight excluding hydrogens is 302 g/mol. The highest BCUT2D eigenvalue weighted by atomic mass is 16.5. The summed E-state index contributed by atoms with van der Waals surface area (Å²) in [5, 5.41) is 12.2. The number of aliphatic hydroxyl groups excluding tert-OH is 1. The quantitative estimate of drug-likeness (QED) is 0.724. The molecule has 2 aromatic carbocycles. The van der Waals surface area contributed by atoms with E-state index in [1.807, 2.05) is 24.3 Å². The number of para-hydroxylation sites is 1. The number of nitrogens with zero attached hydrogens (tertiary/aromatic N) is 1. The Morgan fingerprint density at radius 2 is 1.75 bits per heavy atom. The van der Waals surface area contributed by atoms with Gasteiger partial charge in [-0.2, -0.15) is 0 Å². The Morgan fingerprint density at radius 3 is 2.50 bits per heavy atom. The summed E-state index contributed by atoms with van der Waals surface area (Å²) in [5.74, 6) is -0.312. The van der Waals surface area contributed by atoms with Crippen LogP contribution in [0.15, 0.2) is 42.5 Å².